The fraction of sp³-hybridized carbons (Fsp3) is 1.00. The first-order chi connectivity index (χ1) is 4.91. The van der Waals surface area contributed by atoms with E-state index in [1.54, 1.807) is 0 Å². The molecule has 1 unspecified atom stereocenters. The van der Waals surface area contributed by atoms with E-state index in [-0.39, 0.29) is 0 Å². The summed E-state index contributed by atoms with van der Waals surface area (Å²) in [6, 6.07) is 0. The van der Waals surface area contributed by atoms with Crippen molar-refractivity contribution in [3.8, 4) is 0 Å². The van der Waals surface area contributed by atoms with Crippen molar-refractivity contribution < 1.29 is 0 Å². The minimum absolute atomic E-state index is 0.696. The summed E-state index contributed by atoms with van der Waals surface area (Å²) >= 11 is 0. The van der Waals surface area contributed by atoms with Crippen molar-refractivity contribution in [1.29, 1.82) is 0 Å². The first-order valence-corrected chi connectivity index (χ1v) is 4.66. The molecule has 1 saturated heterocycles. The Hall–Kier alpha value is -0.0400. The first-order valence-electron chi connectivity index (χ1n) is 4.66. The van der Waals surface area contributed by atoms with Gasteiger partial charge in [-0.05, 0) is 50.5 Å². The van der Waals surface area contributed by atoms with Crippen LogP contribution in [0.4, 0.5) is 0 Å². The summed E-state index contributed by atoms with van der Waals surface area (Å²) in [6.07, 6.45) is 7.51. The summed E-state index contributed by atoms with van der Waals surface area (Å²) < 4.78 is 0. The highest BCUT2D eigenvalue weighted by atomic mass is 15.1. The van der Waals surface area contributed by atoms with Gasteiger partial charge in [0.25, 0.3) is 0 Å². The fourth-order valence-corrected chi connectivity index (χ4v) is 2.75. The Morgan fingerprint density at radius 2 is 1.90 bits per heavy atom. The van der Waals surface area contributed by atoms with Crippen LogP contribution in [0, 0.1) is 11.8 Å². The molecule has 0 bridgehead atoms. The molecule has 0 aromatic rings. The molecule has 2 aliphatic carbocycles. The highest BCUT2D eigenvalue weighted by molar-refractivity contribution is 5.13. The molecule has 3 fully saturated rings. The molecule has 56 valence electrons. The van der Waals surface area contributed by atoms with Crippen LogP contribution < -0.4 is 5.32 Å². The third-order valence-corrected chi connectivity index (χ3v) is 3.62. The third kappa shape index (κ3) is 0.619. The van der Waals surface area contributed by atoms with E-state index < -0.39 is 0 Å². The second kappa shape index (κ2) is 1.58. The SMILES string of the molecule is C1CC(C2CC2)C2(CC2)N1. The van der Waals surface area contributed by atoms with Gasteiger partial charge in [0.05, 0.1) is 0 Å². The summed E-state index contributed by atoms with van der Waals surface area (Å²) in [6.45, 7) is 1.31. The van der Waals surface area contributed by atoms with Crippen molar-refractivity contribution >= 4 is 0 Å². The molecule has 1 nitrogen and oxygen atoms in total. The van der Waals surface area contributed by atoms with Crippen molar-refractivity contribution in [2.75, 3.05) is 6.54 Å². The van der Waals surface area contributed by atoms with Gasteiger partial charge in [-0.25, -0.2) is 0 Å². The number of hydrogen-bond donors (Lipinski definition) is 1. The van der Waals surface area contributed by atoms with Gasteiger partial charge in [-0.15, -0.1) is 0 Å². The van der Waals surface area contributed by atoms with E-state index in [0.717, 1.165) is 11.8 Å². The summed E-state index contributed by atoms with van der Waals surface area (Å²) in [5, 5.41) is 3.68. The van der Waals surface area contributed by atoms with Crippen LogP contribution in [0.3, 0.4) is 0 Å². The van der Waals surface area contributed by atoms with E-state index in [4.69, 9.17) is 0 Å². The van der Waals surface area contributed by atoms with Gasteiger partial charge in [-0.2, -0.15) is 0 Å². The normalized spacial score (nSPS) is 42.6. The minimum atomic E-state index is 0.696. The van der Waals surface area contributed by atoms with Crippen LogP contribution in [0.5, 0.6) is 0 Å². The van der Waals surface area contributed by atoms with Gasteiger partial charge >= 0.3 is 0 Å². The average Bonchev–Trinajstić information content (AvgIpc) is 2.74. The molecular weight excluding hydrogens is 122 g/mol. The van der Waals surface area contributed by atoms with Crippen molar-refractivity contribution in [2.24, 2.45) is 11.8 Å². The second-order valence-corrected chi connectivity index (χ2v) is 4.32. The van der Waals surface area contributed by atoms with E-state index >= 15 is 0 Å². The van der Waals surface area contributed by atoms with Crippen molar-refractivity contribution in [1.82, 2.24) is 5.32 Å². The van der Waals surface area contributed by atoms with Crippen molar-refractivity contribution in [2.45, 2.75) is 37.6 Å². The molecule has 2 saturated carbocycles. The molecule has 1 aliphatic heterocycles. The van der Waals surface area contributed by atoms with Gasteiger partial charge in [-0.1, -0.05) is 0 Å². The number of hydrogen-bond acceptors (Lipinski definition) is 1. The highest BCUT2D eigenvalue weighted by Crippen LogP contribution is 2.55. The van der Waals surface area contributed by atoms with Crippen LogP contribution in [0.2, 0.25) is 0 Å². The van der Waals surface area contributed by atoms with Gasteiger partial charge in [0.15, 0.2) is 0 Å². The molecule has 0 aromatic carbocycles. The summed E-state index contributed by atoms with van der Waals surface area (Å²) in [5.41, 5.74) is 0.696. The average molecular weight is 137 g/mol. The lowest BCUT2D eigenvalue weighted by atomic mass is 9.93. The van der Waals surface area contributed by atoms with E-state index in [9.17, 15) is 0 Å². The summed E-state index contributed by atoms with van der Waals surface area (Å²) in [4.78, 5) is 0. The predicted molar refractivity (Wildman–Crippen MR) is 40.8 cm³/mol. The Kier molecular flexibility index (Phi) is 0.883. The zero-order valence-corrected chi connectivity index (χ0v) is 6.40. The highest BCUT2D eigenvalue weighted by Gasteiger charge is 2.56. The second-order valence-electron chi connectivity index (χ2n) is 4.32. The quantitative estimate of drug-likeness (QED) is 0.578. The lowest BCUT2D eigenvalue weighted by Crippen LogP contribution is -2.29. The van der Waals surface area contributed by atoms with Crippen LogP contribution in [0.1, 0.15) is 32.1 Å². The maximum atomic E-state index is 3.68. The molecule has 1 spiro atoms. The minimum Gasteiger partial charge on any atom is -0.311 e. The number of nitrogens with one attached hydrogen (secondary N) is 1. The maximum Gasteiger partial charge on any atom is 0.0214 e. The largest absolute Gasteiger partial charge is 0.311 e. The molecule has 3 aliphatic rings. The molecule has 1 heteroatoms. The smallest absolute Gasteiger partial charge is 0.0214 e. The predicted octanol–water partition coefficient (Wildman–Crippen LogP) is 1.54. The third-order valence-electron chi connectivity index (χ3n) is 3.62. The molecular formula is C9H15N. The molecule has 3 rings (SSSR count). The molecule has 10 heavy (non-hydrogen) atoms. The first kappa shape index (κ1) is 5.59. The Labute approximate surface area is 62.2 Å². The van der Waals surface area contributed by atoms with E-state index in [1.807, 2.05) is 0 Å². The molecule has 1 atom stereocenters. The Bertz CT molecular complexity index is 156. The van der Waals surface area contributed by atoms with E-state index in [0.29, 0.717) is 5.54 Å². The molecule has 0 radical (unpaired) electrons. The van der Waals surface area contributed by atoms with E-state index in [2.05, 4.69) is 5.32 Å². The van der Waals surface area contributed by atoms with Gasteiger partial charge in [0.2, 0.25) is 0 Å². The van der Waals surface area contributed by atoms with Crippen LogP contribution in [-0.4, -0.2) is 12.1 Å². The van der Waals surface area contributed by atoms with Gasteiger partial charge in [-0.3, -0.25) is 0 Å². The summed E-state index contributed by atoms with van der Waals surface area (Å²) in [5.74, 6) is 2.23. The molecule has 1 heterocycles. The number of rotatable bonds is 1. The van der Waals surface area contributed by atoms with Gasteiger partial charge < -0.3 is 5.32 Å². The van der Waals surface area contributed by atoms with Crippen LogP contribution >= 0.6 is 0 Å². The van der Waals surface area contributed by atoms with Crippen LogP contribution in [0.25, 0.3) is 0 Å². The Morgan fingerprint density at radius 3 is 2.50 bits per heavy atom. The fourth-order valence-electron chi connectivity index (χ4n) is 2.75. The van der Waals surface area contributed by atoms with Gasteiger partial charge in [0, 0.05) is 5.54 Å². The van der Waals surface area contributed by atoms with Crippen molar-refractivity contribution in [3.05, 3.63) is 0 Å². The summed E-state index contributed by atoms with van der Waals surface area (Å²) in [7, 11) is 0. The lowest BCUT2D eigenvalue weighted by molar-refractivity contribution is 0.383. The Morgan fingerprint density at radius 1 is 1.10 bits per heavy atom. The van der Waals surface area contributed by atoms with Crippen molar-refractivity contribution in [3.63, 3.8) is 0 Å². The molecule has 0 aromatic heterocycles. The van der Waals surface area contributed by atoms with Crippen LogP contribution in [0.15, 0.2) is 0 Å². The molecule has 1 N–H and O–H groups in total. The molecule has 0 amide bonds. The topological polar surface area (TPSA) is 12.0 Å². The standard InChI is InChI=1S/C9H15N/c1-2-7(1)8-3-6-10-9(8)4-5-9/h7-8,10H,1-6H2. The lowest BCUT2D eigenvalue weighted by Gasteiger charge is -2.16. The maximum absolute atomic E-state index is 3.68. The van der Waals surface area contributed by atoms with Gasteiger partial charge in [0.1, 0.15) is 0 Å². The van der Waals surface area contributed by atoms with Crippen LogP contribution in [-0.2, 0) is 0 Å². The van der Waals surface area contributed by atoms with E-state index in [1.165, 1.54) is 38.6 Å². The zero-order valence-electron chi connectivity index (χ0n) is 6.40. The Balaban J connectivity index is 1.81. The monoisotopic (exact) mass is 137 g/mol. The zero-order chi connectivity index (χ0) is 6.60.